The second-order valence-corrected chi connectivity index (χ2v) is 12.2. The number of halogens is 4. The molecule has 1 aromatic carbocycles. The molecule has 230 valence electrons. The Morgan fingerprint density at radius 2 is 1.98 bits per heavy atom. The van der Waals surface area contributed by atoms with E-state index in [-0.39, 0.29) is 38.9 Å². The Labute approximate surface area is 256 Å². The van der Waals surface area contributed by atoms with Crippen LogP contribution in [0.15, 0.2) is 70.3 Å². The van der Waals surface area contributed by atoms with Crippen molar-refractivity contribution in [2.45, 2.75) is 38.9 Å². The molecule has 3 atom stereocenters. The zero-order valence-corrected chi connectivity index (χ0v) is 24.7. The van der Waals surface area contributed by atoms with Crippen molar-refractivity contribution in [2.24, 2.45) is 27.2 Å². The number of nitrogens with one attached hydrogen (secondary N) is 1. The number of amidine groups is 1. The second-order valence-electron chi connectivity index (χ2n) is 11.8. The number of hydrogen-bond donors (Lipinski definition) is 2. The average Bonchev–Trinajstić information content (AvgIpc) is 3.28. The molecule has 14 heteroatoms. The van der Waals surface area contributed by atoms with Crippen LogP contribution in [-0.4, -0.2) is 64.1 Å². The zero-order chi connectivity index (χ0) is 31.4. The minimum Gasteiger partial charge on any atom is -0.379 e. The van der Waals surface area contributed by atoms with Gasteiger partial charge >= 0.3 is 6.18 Å². The monoisotopic (exact) mass is 628 g/mol. The van der Waals surface area contributed by atoms with E-state index in [1.807, 2.05) is 11.8 Å². The largest absolute Gasteiger partial charge is 0.416 e. The Kier molecular flexibility index (Phi) is 7.47. The number of piperidine rings is 1. The number of anilines is 1. The van der Waals surface area contributed by atoms with Crippen LogP contribution in [0.3, 0.4) is 0 Å². The molecule has 2 saturated heterocycles. The first-order valence-corrected chi connectivity index (χ1v) is 14.4. The number of carbonyl (C=O) groups excluding carboxylic acids is 2. The highest BCUT2D eigenvalue weighted by Gasteiger charge is 2.49. The van der Waals surface area contributed by atoms with Gasteiger partial charge in [0.05, 0.1) is 52.8 Å². The summed E-state index contributed by atoms with van der Waals surface area (Å²) in [6.45, 7) is 5.26. The van der Waals surface area contributed by atoms with Crippen LogP contribution in [0.4, 0.5) is 19.0 Å². The lowest BCUT2D eigenvalue weighted by atomic mass is 9.83. The summed E-state index contributed by atoms with van der Waals surface area (Å²) in [5.41, 5.74) is 0.497. The summed E-state index contributed by atoms with van der Waals surface area (Å²) < 4.78 is 44.3. The van der Waals surface area contributed by atoms with Gasteiger partial charge in [-0.05, 0) is 57.0 Å². The third-order valence-corrected chi connectivity index (χ3v) is 8.82. The number of alkyl halides is 3. The van der Waals surface area contributed by atoms with Crippen molar-refractivity contribution in [3.8, 4) is 0 Å². The number of carbonyl (C=O) groups is 2. The van der Waals surface area contributed by atoms with E-state index >= 15 is 0 Å². The van der Waals surface area contributed by atoms with E-state index in [0.29, 0.717) is 36.9 Å². The lowest BCUT2D eigenvalue weighted by Gasteiger charge is -2.45. The number of likely N-dealkylation sites (tertiary alicyclic amines) is 1. The number of aromatic nitrogens is 1. The molecule has 0 radical (unpaired) electrons. The van der Waals surface area contributed by atoms with Crippen molar-refractivity contribution >= 4 is 41.3 Å². The molecule has 1 unspecified atom stereocenters. The number of aliphatic imine (C=N–C) groups is 2. The molecule has 10 nitrogen and oxygen atoms in total. The first kappa shape index (κ1) is 30.1. The lowest BCUT2D eigenvalue weighted by Crippen LogP contribution is -2.57. The fourth-order valence-electron chi connectivity index (χ4n) is 5.89. The van der Waals surface area contributed by atoms with Gasteiger partial charge in [0, 0.05) is 24.7 Å². The third-order valence-electron chi connectivity index (χ3n) is 8.51. The van der Waals surface area contributed by atoms with Crippen LogP contribution in [0.25, 0.3) is 0 Å². The van der Waals surface area contributed by atoms with Crippen molar-refractivity contribution < 1.29 is 32.1 Å². The van der Waals surface area contributed by atoms with Crippen molar-refractivity contribution in [3.63, 3.8) is 0 Å². The first-order valence-electron chi connectivity index (χ1n) is 14.1. The van der Waals surface area contributed by atoms with Crippen LogP contribution in [0.5, 0.6) is 0 Å². The molecule has 1 aromatic heterocycles. The van der Waals surface area contributed by atoms with Gasteiger partial charge < -0.3 is 15.0 Å². The van der Waals surface area contributed by atoms with Crippen LogP contribution >= 0.6 is 11.6 Å². The Bertz CT molecular complexity index is 1670. The third kappa shape index (κ3) is 5.23. The standard InChI is InChI=1S/C30H29ClF3N7O3/c1-17-3-4-19(14-40(17)28(43)29(2)15-44-16-29)25-23-13-36-9-10-41(23,35)26(39-25)18-5-6-21(22(31)11-18)27(42)38-24-12-20(7-8-37-24)30(32,33)34/h5-13,17,19H,3-4,14-16,35H2,1-2H3/p+1/t17-,19+,41?/m0/s1. The predicted octanol–water partition coefficient (Wildman–Crippen LogP) is 4.89. The van der Waals surface area contributed by atoms with Gasteiger partial charge in [-0.25, -0.2) is 4.98 Å². The van der Waals surface area contributed by atoms with Crippen molar-refractivity contribution in [2.75, 3.05) is 25.1 Å². The highest BCUT2D eigenvalue weighted by atomic mass is 35.5. The molecule has 6 rings (SSSR count). The number of allylic oxidation sites excluding steroid dienone is 1. The maximum Gasteiger partial charge on any atom is 0.416 e. The van der Waals surface area contributed by atoms with Gasteiger partial charge in [-0.1, -0.05) is 11.6 Å². The lowest BCUT2D eigenvalue weighted by molar-refractivity contribution is -0.750. The minimum absolute atomic E-state index is 0.0323. The molecule has 2 aromatic rings. The first-order chi connectivity index (χ1) is 20.8. The molecule has 2 fully saturated rings. The van der Waals surface area contributed by atoms with Gasteiger partial charge in [0.15, 0.2) is 0 Å². The average molecular weight is 629 g/mol. The summed E-state index contributed by atoms with van der Waals surface area (Å²) in [4.78, 5) is 41.4. The number of amides is 2. The highest BCUT2D eigenvalue weighted by Crippen LogP contribution is 2.40. The Morgan fingerprint density at radius 3 is 2.66 bits per heavy atom. The molecule has 5 heterocycles. The molecule has 0 spiro atoms. The van der Waals surface area contributed by atoms with Crippen LogP contribution in [0.2, 0.25) is 5.02 Å². The SMILES string of the molecule is C[C@H]1CC[C@@H](C2=C3C=NC=C[N+]3(N)C(c3ccc(C(=O)Nc4cc(C(F)(F)F)ccn4)c(Cl)c3)=N2)CN1C(=O)C1(C)COC1. The maximum absolute atomic E-state index is 13.4. The van der Waals surface area contributed by atoms with E-state index in [2.05, 4.69) is 22.2 Å². The van der Waals surface area contributed by atoms with Crippen molar-refractivity contribution in [3.05, 3.63) is 82.0 Å². The molecule has 44 heavy (non-hydrogen) atoms. The normalized spacial score (nSPS) is 25.8. The van der Waals surface area contributed by atoms with E-state index in [0.717, 1.165) is 36.9 Å². The van der Waals surface area contributed by atoms with E-state index < -0.39 is 23.1 Å². The van der Waals surface area contributed by atoms with Crippen molar-refractivity contribution in [1.29, 1.82) is 0 Å². The quantitative estimate of drug-likeness (QED) is 0.361. The van der Waals surface area contributed by atoms with Crippen LogP contribution in [0, 0.1) is 11.3 Å². The summed E-state index contributed by atoms with van der Waals surface area (Å²) in [6, 6.07) is 6.26. The molecular formula is C30H30ClF3N7O3+. The number of nitrogens with two attached hydrogens (primary N) is 1. The van der Waals surface area contributed by atoms with E-state index in [4.69, 9.17) is 27.2 Å². The summed E-state index contributed by atoms with van der Waals surface area (Å²) in [5.74, 6) is 6.34. The van der Waals surface area contributed by atoms with Gasteiger partial charge in [0.2, 0.25) is 11.6 Å². The Hall–Kier alpha value is -3.91. The number of rotatable bonds is 5. The number of benzene rings is 1. The predicted molar refractivity (Wildman–Crippen MR) is 157 cm³/mol. The Morgan fingerprint density at radius 1 is 1.20 bits per heavy atom. The minimum atomic E-state index is -4.59. The number of fused-ring (bicyclic) bond motifs is 1. The van der Waals surface area contributed by atoms with E-state index in [9.17, 15) is 22.8 Å². The second kappa shape index (κ2) is 10.9. The van der Waals surface area contributed by atoms with Crippen LogP contribution in [0.1, 0.15) is 48.2 Å². The number of quaternary nitrogens is 1. The molecule has 0 saturated carbocycles. The fraction of sp³-hybridized carbons (Fsp3) is 0.367. The molecule has 3 N–H and O–H groups in total. The van der Waals surface area contributed by atoms with Gasteiger partial charge in [-0.15, -0.1) is 4.59 Å². The summed E-state index contributed by atoms with van der Waals surface area (Å²) in [5, 5.41) is 2.42. The number of ether oxygens (including phenoxy) is 1. The molecular weight excluding hydrogens is 599 g/mol. The maximum atomic E-state index is 13.4. The smallest absolute Gasteiger partial charge is 0.379 e. The molecule has 0 aliphatic carbocycles. The summed E-state index contributed by atoms with van der Waals surface area (Å²) in [6.07, 6.45) is 2.91. The van der Waals surface area contributed by atoms with E-state index in [1.54, 1.807) is 24.7 Å². The number of hydrogen-bond acceptors (Lipinski definition) is 7. The molecule has 4 aliphatic rings. The van der Waals surface area contributed by atoms with Gasteiger partial charge in [-0.3, -0.25) is 14.6 Å². The van der Waals surface area contributed by atoms with Gasteiger partial charge in [-0.2, -0.15) is 24.0 Å². The topological polar surface area (TPSA) is 122 Å². The Balaban J connectivity index is 1.27. The molecule has 4 aliphatic heterocycles. The van der Waals surface area contributed by atoms with Crippen molar-refractivity contribution in [1.82, 2.24) is 9.88 Å². The van der Waals surface area contributed by atoms with Crippen LogP contribution in [-0.2, 0) is 15.7 Å². The molecule has 0 bridgehead atoms. The zero-order valence-electron chi connectivity index (χ0n) is 23.9. The molecule has 2 amide bonds. The highest BCUT2D eigenvalue weighted by molar-refractivity contribution is 6.34. The number of pyridine rings is 1. The van der Waals surface area contributed by atoms with Gasteiger partial charge in [0.25, 0.3) is 11.7 Å². The summed E-state index contributed by atoms with van der Waals surface area (Å²) in [7, 11) is 0. The van der Waals surface area contributed by atoms with E-state index in [1.165, 1.54) is 12.1 Å². The summed E-state index contributed by atoms with van der Waals surface area (Å²) >= 11 is 6.53. The van der Waals surface area contributed by atoms with Gasteiger partial charge in [0.1, 0.15) is 17.7 Å². The van der Waals surface area contributed by atoms with Crippen LogP contribution < -0.4 is 11.2 Å². The number of nitrogens with zero attached hydrogens (tertiary/aromatic N) is 5. The fourth-order valence-corrected chi connectivity index (χ4v) is 6.16.